The van der Waals surface area contributed by atoms with Crippen LogP contribution in [0.15, 0.2) is 31.3 Å². The summed E-state index contributed by atoms with van der Waals surface area (Å²) in [4.78, 5) is 45.9. The highest BCUT2D eigenvalue weighted by atomic mass is 35.5. The lowest BCUT2D eigenvalue weighted by Gasteiger charge is -1.93. The number of halogens is 2. The molecule has 2 rings (SSSR count). The molecule has 0 bridgehead atoms. The maximum absolute atomic E-state index is 11.6. The minimum Gasteiger partial charge on any atom is -0.289 e. The van der Waals surface area contributed by atoms with E-state index in [1.807, 2.05) is 0 Å². The molecule has 0 aromatic rings. The average molecular weight is 257 g/mol. The van der Waals surface area contributed by atoms with Gasteiger partial charge in [0.15, 0.2) is 10.9 Å². The fourth-order valence-electron chi connectivity index (χ4n) is 1.43. The van der Waals surface area contributed by atoms with E-state index < -0.39 is 42.2 Å². The number of rotatable bonds is 0. The maximum atomic E-state index is 11.6. The van der Waals surface area contributed by atoms with Crippen LogP contribution in [0.3, 0.4) is 0 Å². The van der Waals surface area contributed by atoms with E-state index in [1.54, 1.807) is 0 Å². The van der Waals surface area contributed by atoms with Crippen molar-refractivity contribution in [1.82, 2.24) is 0 Å². The Bertz CT molecular complexity index is 775. The lowest BCUT2D eigenvalue weighted by Crippen LogP contribution is -2.28. The first-order chi connectivity index (χ1) is 7.45. The van der Waals surface area contributed by atoms with Gasteiger partial charge in [-0.15, -0.1) is 0 Å². The first-order valence-electron chi connectivity index (χ1n) is 4.11. The van der Waals surface area contributed by atoms with Crippen molar-refractivity contribution in [2.75, 3.05) is 0 Å². The van der Waals surface area contributed by atoms with Crippen LogP contribution < -0.4 is 21.7 Å². The number of hydrogen-bond donors (Lipinski definition) is 0. The molecule has 0 spiro atoms. The second-order valence-corrected chi connectivity index (χ2v) is 3.85. The Morgan fingerprint density at radius 3 is 1.31 bits per heavy atom. The molecule has 6 heteroatoms. The molecule has 0 amide bonds. The van der Waals surface area contributed by atoms with E-state index in [2.05, 4.69) is 0 Å². The van der Waals surface area contributed by atoms with Gasteiger partial charge >= 0.3 is 0 Å². The molecule has 0 radical (unpaired) electrons. The monoisotopic (exact) mass is 256 g/mol. The van der Waals surface area contributed by atoms with Crippen molar-refractivity contribution in [1.29, 1.82) is 0 Å². The molecule has 0 saturated carbocycles. The van der Waals surface area contributed by atoms with Crippen molar-refractivity contribution in [3.05, 3.63) is 73.5 Å². The molecule has 80 valence electrons. The van der Waals surface area contributed by atoms with E-state index in [0.29, 0.717) is 0 Å². The molecule has 2 aliphatic carbocycles. The van der Waals surface area contributed by atoms with Gasteiger partial charge in [0, 0.05) is 0 Å². The standard InChI is InChI=1S/C10H2Cl2O4/c11-7-8(12)10(16)6-4(14)2-1-3(13)5(6)9(7)15/h1-2H. The Morgan fingerprint density at radius 2 is 1.00 bits per heavy atom. The molecule has 0 heterocycles. The molecule has 2 aliphatic rings. The lowest BCUT2D eigenvalue weighted by molar-refractivity contribution is 1.28. The van der Waals surface area contributed by atoms with Crippen LogP contribution in [0.4, 0.5) is 0 Å². The van der Waals surface area contributed by atoms with Gasteiger partial charge in [0.25, 0.3) is 0 Å². The highest BCUT2D eigenvalue weighted by Gasteiger charge is 2.14. The summed E-state index contributed by atoms with van der Waals surface area (Å²) in [6, 6.07) is 1.85. The zero-order valence-corrected chi connectivity index (χ0v) is 9.06. The quantitative estimate of drug-likeness (QED) is 0.667. The third-order valence-electron chi connectivity index (χ3n) is 2.17. The van der Waals surface area contributed by atoms with E-state index in [4.69, 9.17) is 23.2 Å². The SMILES string of the molecule is O=c1ccc(=O)c2c(=O)c(Cl)c(Cl)c(=O)c1=2. The minimum absolute atomic E-state index is 0.494. The second kappa shape index (κ2) is 3.50. The Morgan fingerprint density at radius 1 is 0.688 bits per heavy atom. The van der Waals surface area contributed by atoms with Gasteiger partial charge in [-0.05, 0) is 12.1 Å². The van der Waals surface area contributed by atoms with E-state index in [0.717, 1.165) is 12.1 Å². The average Bonchev–Trinajstić information content (AvgIpc) is 2.26. The summed E-state index contributed by atoms with van der Waals surface area (Å²) in [6.45, 7) is 0. The predicted octanol–water partition coefficient (Wildman–Crippen LogP) is 0.0346. The van der Waals surface area contributed by atoms with E-state index >= 15 is 0 Å². The van der Waals surface area contributed by atoms with E-state index in [-0.39, 0.29) is 0 Å². The van der Waals surface area contributed by atoms with Crippen LogP contribution >= 0.6 is 23.2 Å². The summed E-state index contributed by atoms with van der Waals surface area (Å²) in [5.41, 5.74) is -3.20. The van der Waals surface area contributed by atoms with Gasteiger partial charge in [-0.3, -0.25) is 19.2 Å². The van der Waals surface area contributed by atoms with Gasteiger partial charge in [0.2, 0.25) is 10.9 Å². The molecular weight excluding hydrogens is 255 g/mol. The summed E-state index contributed by atoms with van der Waals surface area (Å²) in [6.07, 6.45) is 0. The predicted molar refractivity (Wildman–Crippen MR) is 59.2 cm³/mol. The normalized spacial score (nSPS) is 10.9. The molecule has 0 aliphatic heterocycles. The van der Waals surface area contributed by atoms with Crippen molar-refractivity contribution in [3.63, 3.8) is 0 Å². The Balaban J connectivity index is 3.57. The molecule has 0 unspecified atom stereocenters. The van der Waals surface area contributed by atoms with Crippen LogP contribution in [0.2, 0.25) is 10.0 Å². The van der Waals surface area contributed by atoms with Gasteiger partial charge < -0.3 is 0 Å². The van der Waals surface area contributed by atoms with Crippen LogP contribution in [0.25, 0.3) is 0 Å². The third-order valence-corrected chi connectivity index (χ3v) is 2.99. The summed E-state index contributed by atoms with van der Waals surface area (Å²) in [5.74, 6) is 0. The first-order valence-corrected chi connectivity index (χ1v) is 4.86. The smallest absolute Gasteiger partial charge is 0.210 e. The van der Waals surface area contributed by atoms with Gasteiger partial charge in [0.05, 0.1) is 10.4 Å². The van der Waals surface area contributed by atoms with Crippen LogP contribution in [0, 0.1) is 10.4 Å². The van der Waals surface area contributed by atoms with Crippen LogP contribution in [-0.4, -0.2) is 0 Å². The molecule has 4 nitrogen and oxygen atoms in total. The Hall–Kier alpha value is -1.52. The molecule has 0 aromatic heterocycles. The molecule has 16 heavy (non-hydrogen) atoms. The molecule has 0 saturated heterocycles. The van der Waals surface area contributed by atoms with E-state index in [1.165, 1.54) is 0 Å². The van der Waals surface area contributed by atoms with Crippen molar-refractivity contribution in [3.8, 4) is 0 Å². The topological polar surface area (TPSA) is 68.3 Å². The minimum atomic E-state index is -0.885. The number of hydrogen-bond acceptors (Lipinski definition) is 4. The van der Waals surface area contributed by atoms with Crippen molar-refractivity contribution in [2.45, 2.75) is 0 Å². The highest BCUT2D eigenvalue weighted by Crippen LogP contribution is 2.11. The largest absolute Gasteiger partial charge is 0.289 e. The zero-order valence-electron chi connectivity index (χ0n) is 7.54. The van der Waals surface area contributed by atoms with Crippen molar-refractivity contribution in [2.24, 2.45) is 0 Å². The first kappa shape index (κ1) is 11.0. The van der Waals surface area contributed by atoms with Crippen LogP contribution in [-0.2, 0) is 0 Å². The summed E-state index contributed by atoms with van der Waals surface area (Å²) in [7, 11) is 0. The Kier molecular flexibility index (Phi) is 2.40. The third kappa shape index (κ3) is 1.31. The summed E-state index contributed by atoms with van der Waals surface area (Å²) < 4.78 is 0. The maximum Gasteiger partial charge on any atom is 0.210 e. The Labute approximate surface area is 97.0 Å². The molecule has 0 N–H and O–H groups in total. The molecule has 0 aromatic carbocycles. The van der Waals surface area contributed by atoms with E-state index in [9.17, 15) is 19.2 Å². The van der Waals surface area contributed by atoms with Crippen LogP contribution in [0.5, 0.6) is 0 Å². The zero-order chi connectivity index (χ0) is 12.0. The molecular formula is C10H2Cl2O4. The lowest BCUT2D eigenvalue weighted by atomic mass is 10.1. The summed E-state index contributed by atoms with van der Waals surface area (Å²) in [5, 5.41) is -2.04. The fourth-order valence-corrected chi connectivity index (χ4v) is 1.79. The van der Waals surface area contributed by atoms with Crippen LogP contribution in [0.1, 0.15) is 0 Å². The van der Waals surface area contributed by atoms with Crippen molar-refractivity contribution < 1.29 is 0 Å². The fraction of sp³-hybridized carbons (Fsp3) is 0. The van der Waals surface area contributed by atoms with Gasteiger partial charge in [-0.25, -0.2) is 0 Å². The van der Waals surface area contributed by atoms with Gasteiger partial charge in [-0.1, -0.05) is 23.2 Å². The molecule has 0 atom stereocenters. The summed E-state index contributed by atoms with van der Waals surface area (Å²) >= 11 is 11.0. The van der Waals surface area contributed by atoms with Gasteiger partial charge in [0.1, 0.15) is 10.0 Å². The second-order valence-electron chi connectivity index (χ2n) is 3.10. The molecule has 0 fully saturated rings. The highest BCUT2D eigenvalue weighted by molar-refractivity contribution is 6.41. The van der Waals surface area contributed by atoms with Gasteiger partial charge in [-0.2, -0.15) is 0 Å². The van der Waals surface area contributed by atoms with Crippen molar-refractivity contribution >= 4 is 23.2 Å².